The summed E-state index contributed by atoms with van der Waals surface area (Å²) in [4.78, 5) is 5.78. The van der Waals surface area contributed by atoms with Crippen molar-refractivity contribution in [2.75, 3.05) is 24.6 Å². The molecule has 108 valence electrons. The summed E-state index contributed by atoms with van der Waals surface area (Å²) in [7, 11) is 2.21. The molecule has 0 bridgehead atoms. The zero-order valence-electron chi connectivity index (χ0n) is 12.0. The predicted molar refractivity (Wildman–Crippen MR) is 85.3 cm³/mol. The summed E-state index contributed by atoms with van der Waals surface area (Å²) in [5.74, 6) is 0. The number of hydrogen-bond acceptors (Lipinski definition) is 3. The van der Waals surface area contributed by atoms with Crippen molar-refractivity contribution < 1.29 is 4.55 Å². The van der Waals surface area contributed by atoms with Crippen LogP contribution < -0.4 is 4.72 Å². The molecule has 2 unspecified atom stereocenters. The van der Waals surface area contributed by atoms with Crippen molar-refractivity contribution in [3.63, 3.8) is 0 Å². The van der Waals surface area contributed by atoms with Crippen LogP contribution in [0.4, 0.5) is 5.69 Å². The quantitative estimate of drug-likeness (QED) is 0.851. The van der Waals surface area contributed by atoms with E-state index in [4.69, 9.17) is 0 Å². The van der Waals surface area contributed by atoms with Gasteiger partial charge in [-0.2, -0.15) is 0 Å². The number of anilines is 1. The van der Waals surface area contributed by atoms with Crippen molar-refractivity contribution in [3.8, 4) is 0 Å². The highest BCUT2D eigenvalue weighted by Crippen LogP contribution is 2.27. The molecule has 2 aromatic rings. The Morgan fingerprint density at radius 3 is 3.05 bits per heavy atom. The number of rotatable bonds is 4. The lowest BCUT2D eigenvalue weighted by molar-refractivity contribution is 0.310. The lowest BCUT2D eigenvalue weighted by atomic mass is 10.0. The van der Waals surface area contributed by atoms with E-state index in [2.05, 4.69) is 33.9 Å². The van der Waals surface area contributed by atoms with Crippen LogP contribution in [0.5, 0.6) is 0 Å². The van der Waals surface area contributed by atoms with Crippen LogP contribution in [0.3, 0.4) is 0 Å². The van der Waals surface area contributed by atoms with E-state index in [1.54, 1.807) is 6.26 Å². The van der Waals surface area contributed by atoms with Gasteiger partial charge in [-0.05, 0) is 56.6 Å². The van der Waals surface area contributed by atoms with Crippen molar-refractivity contribution in [2.24, 2.45) is 0 Å². The van der Waals surface area contributed by atoms with E-state index in [-0.39, 0.29) is 0 Å². The third kappa shape index (κ3) is 2.80. The van der Waals surface area contributed by atoms with E-state index in [0.717, 1.165) is 17.6 Å². The maximum Gasteiger partial charge on any atom is 0.121 e. The summed E-state index contributed by atoms with van der Waals surface area (Å²) in [5, 5.41) is 1.24. The molecule has 2 N–H and O–H groups in total. The van der Waals surface area contributed by atoms with Crippen LogP contribution in [0.2, 0.25) is 0 Å². The second-order valence-electron chi connectivity index (χ2n) is 5.61. The number of fused-ring (bicyclic) bond motifs is 1. The van der Waals surface area contributed by atoms with Gasteiger partial charge in [-0.15, -0.1) is 0 Å². The van der Waals surface area contributed by atoms with Gasteiger partial charge in [-0.1, -0.05) is 0 Å². The zero-order valence-corrected chi connectivity index (χ0v) is 12.8. The molecule has 0 amide bonds. The van der Waals surface area contributed by atoms with Gasteiger partial charge in [0, 0.05) is 23.1 Å². The first-order chi connectivity index (χ1) is 9.63. The zero-order chi connectivity index (χ0) is 14.1. The number of nitrogens with zero attached hydrogens (tertiary/aromatic N) is 1. The average molecular weight is 291 g/mol. The lowest BCUT2D eigenvalue weighted by Crippen LogP contribution is -2.26. The monoisotopic (exact) mass is 291 g/mol. The molecule has 1 aliphatic rings. The average Bonchev–Trinajstić information content (AvgIpc) is 2.97. The van der Waals surface area contributed by atoms with Crippen molar-refractivity contribution in [1.82, 2.24) is 9.88 Å². The third-order valence-corrected chi connectivity index (χ3v) is 4.68. The van der Waals surface area contributed by atoms with Crippen molar-refractivity contribution in [1.29, 1.82) is 0 Å². The molecule has 2 heterocycles. The minimum Gasteiger partial charge on any atom is -0.593 e. The van der Waals surface area contributed by atoms with Gasteiger partial charge < -0.3 is 14.4 Å². The summed E-state index contributed by atoms with van der Waals surface area (Å²) < 4.78 is 14.2. The van der Waals surface area contributed by atoms with Crippen molar-refractivity contribution in [3.05, 3.63) is 30.0 Å². The Morgan fingerprint density at radius 2 is 2.35 bits per heavy atom. The van der Waals surface area contributed by atoms with Crippen LogP contribution in [0, 0.1) is 0 Å². The van der Waals surface area contributed by atoms with Gasteiger partial charge in [0.25, 0.3) is 0 Å². The molecule has 1 fully saturated rings. The van der Waals surface area contributed by atoms with Gasteiger partial charge in [0.1, 0.15) is 6.26 Å². The summed E-state index contributed by atoms with van der Waals surface area (Å²) in [6, 6.07) is 6.75. The van der Waals surface area contributed by atoms with Crippen LogP contribution >= 0.6 is 0 Å². The number of H-pyrrole nitrogens is 1. The molecule has 1 aliphatic heterocycles. The third-order valence-electron chi connectivity index (χ3n) is 4.16. The van der Waals surface area contributed by atoms with Crippen LogP contribution in [-0.2, 0) is 17.8 Å². The van der Waals surface area contributed by atoms with E-state index in [9.17, 15) is 4.55 Å². The van der Waals surface area contributed by atoms with Crippen LogP contribution in [0.1, 0.15) is 18.4 Å². The molecule has 0 spiro atoms. The van der Waals surface area contributed by atoms with Gasteiger partial charge in [0.15, 0.2) is 0 Å². The van der Waals surface area contributed by atoms with E-state index in [0.29, 0.717) is 6.04 Å². The number of likely N-dealkylation sites (N-methyl/N-ethyl adjacent to an activating group) is 1. The van der Waals surface area contributed by atoms with Gasteiger partial charge in [-0.25, -0.2) is 4.72 Å². The highest BCUT2D eigenvalue weighted by molar-refractivity contribution is 7.92. The van der Waals surface area contributed by atoms with Crippen molar-refractivity contribution >= 4 is 28.0 Å². The normalized spacial score (nSPS) is 21.4. The van der Waals surface area contributed by atoms with E-state index < -0.39 is 11.4 Å². The number of likely N-dealkylation sites (tertiary alicyclic amines) is 1. The standard InChI is InChI=1S/C15H21N3OS/c1-18-7-3-4-13(18)8-11-10-16-15-6-5-12(9-14(11)15)17-20(2)19/h5-6,9-10,13,16-17H,3-4,7-8H2,1-2H3. The minimum absolute atomic E-state index is 0.644. The summed E-state index contributed by atoms with van der Waals surface area (Å²) >= 11 is -1.03. The summed E-state index contributed by atoms with van der Waals surface area (Å²) in [6.45, 7) is 1.20. The Labute approximate surface area is 122 Å². The SMILES string of the molecule is CN1CCCC1Cc1c[nH]c2ccc(N[S+](C)[O-])cc12. The molecule has 4 nitrogen and oxygen atoms in total. The molecule has 5 heteroatoms. The Bertz CT molecular complexity index is 596. The summed E-state index contributed by atoms with van der Waals surface area (Å²) in [5.41, 5.74) is 3.41. The Kier molecular flexibility index (Phi) is 3.92. The fourth-order valence-electron chi connectivity index (χ4n) is 3.07. The molecule has 0 saturated carbocycles. The molecule has 2 atom stereocenters. The predicted octanol–water partition coefficient (Wildman–Crippen LogP) is 2.51. The lowest BCUT2D eigenvalue weighted by Gasteiger charge is -2.18. The maximum absolute atomic E-state index is 11.3. The highest BCUT2D eigenvalue weighted by atomic mass is 32.2. The smallest absolute Gasteiger partial charge is 0.121 e. The summed E-state index contributed by atoms with van der Waals surface area (Å²) in [6.07, 6.45) is 7.42. The van der Waals surface area contributed by atoms with Gasteiger partial charge >= 0.3 is 0 Å². The first-order valence-electron chi connectivity index (χ1n) is 7.04. The topological polar surface area (TPSA) is 54.1 Å². The van der Waals surface area contributed by atoms with Crippen molar-refractivity contribution in [2.45, 2.75) is 25.3 Å². The van der Waals surface area contributed by atoms with Gasteiger partial charge in [0.05, 0.1) is 17.0 Å². The fraction of sp³-hybridized carbons (Fsp3) is 0.467. The number of aromatic amines is 1. The highest BCUT2D eigenvalue weighted by Gasteiger charge is 2.22. The molecule has 20 heavy (non-hydrogen) atoms. The Morgan fingerprint density at radius 1 is 1.50 bits per heavy atom. The molecule has 1 saturated heterocycles. The number of aromatic nitrogens is 1. The fourth-order valence-corrected chi connectivity index (χ4v) is 3.53. The second kappa shape index (κ2) is 5.68. The molecule has 1 aromatic carbocycles. The molecule has 1 aromatic heterocycles. The van der Waals surface area contributed by atoms with E-state index in [1.165, 1.54) is 30.3 Å². The number of hydrogen-bond donors (Lipinski definition) is 2. The van der Waals surface area contributed by atoms with Crippen LogP contribution in [0.15, 0.2) is 24.4 Å². The van der Waals surface area contributed by atoms with Crippen LogP contribution in [-0.4, -0.2) is 40.3 Å². The van der Waals surface area contributed by atoms with E-state index >= 15 is 0 Å². The molecular weight excluding hydrogens is 270 g/mol. The number of benzene rings is 1. The molecule has 0 radical (unpaired) electrons. The first kappa shape index (κ1) is 13.8. The first-order valence-corrected chi connectivity index (χ1v) is 8.59. The Hall–Kier alpha value is -1.17. The Balaban J connectivity index is 1.86. The molecule has 0 aliphatic carbocycles. The van der Waals surface area contributed by atoms with E-state index in [1.807, 2.05) is 12.1 Å². The molecular formula is C15H21N3OS. The largest absolute Gasteiger partial charge is 0.593 e. The van der Waals surface area contributed by atoms with Gasteiger partial charge in [0.2, 0.25) is 0 Å². The number of nitrogens with one attached hydrogen (secondary N) is 2. The molecule has 3 rings (SSSR count). The minimum atomic E-state index is -1.03. The maximum atomic E-state index is 11.3. The van der Waals surface area contributed by atoms with Crippen LogP contribution in [0.25, 0.3) is 10.9 Å². The van der Waals surface area contributed by atoms with Gasteiger partial charge in [-0.3, -0.25) is 0 Å². The second-order valence-corrected chi connectivity index (χ2v) is 6.72.